The molecule has 1 fully saturated rings. The predicted molar refractivity (Wildman–Crippen MR) is 97.1 cm³/mol. The van der Waals surface area contributed by atoms with Gasteiger partial charge in [-0.1, -0.05) is 24.2 Å². The highest BCUT2D eigenvalue weighted by atomic mass is 19.1. The summed E-state index contributed by atoms with van der Waals surface area (Å²) >= 11 is 0. The summed E-state index contributed by atoms with van der Waals surface area (Å²) in [5.41, 5.74) is 1.69. The van der Waals surface area contributed by atoms with Crippen LogP contribution in [0.2, 0.25) is 0 Å². The number of hydrogen-bond acceptors (Lipinski definition) is 4. The first-order valence-electron chi connectivity index (χ1n) is 9.29. The molecule has 1 atom stereocenters. The number of carbonyl (C=O) groups is 2. The minimum atomic E-state index is -0.284. The van der Waals surface area contributed by atoms with Crippen molar-refractivity contribution in [1.29, 1.82) is 0 Å². The molecule has 6 nitrogen and oxygen atoms in total. The number of hydrogen-bond donors (Lipinski definition) is 1. The lowest BCUT2D eigenvalue weighted by Gasteiger charge is -2.32. The summed E-state index contributed by atoms with van der Waals surface area (Å²) in [7, 11) is 0. The van der Waals surface area contributed by atoms with Crippen molar-refractivity contribution in [2.24, 2.45) is 5.92 Å². The predicted octanol–water partition coefficient (Wildman–Crippen LogP) is 2.47. The van der Waals surface area contributed by atoms with Crippen LogP contribution in [0.1, 0.15) is 36.8 Å². The minimum absolute atomic E-state index is 0.0401. The second kappa shape index (κ2) is 8.79. The molecule has 2 heterocycles. The summed E-state index contributed by atoms with van der Waals surface area (Å²) in [5.74, 6) is 0.0400. The summed E-state index contributed by atoms with van der Waals surface area (Å²) in [6, 6.07) is 8.19. The zero-order valence-corrected chi connectivity index (χ0v) is 15.4. The van der Waals surface area contributed by atoms with Crippen LogP contribution in [0.15, 0.2) is 34.9 Å². The maximum atomic E-state index is 13.3. The van der Waals surface area contributed by atoms with Gasteiger partial charge >= 0.3 is 0 Å². The third-order valence-electron chi connectivity index (χ3n) is 4.84. The Balaban J connectivity index is 1.50. The second-order valence-electron chi connectivity index (χ2n) is 6.81. The monoisotopic (exact) mass is 373 g/mol. The highest BCUT2D eigenvalue weighted by molar-refractivity contribution is 5.83. The van der Waals surface area contributed by atoms with Crippen molar-refractivity contribution in [3.8, 4) is 0 Å². The molecule has 0 saturated carbocycles. The van der Waals surface area contributed by atoms with Crippen LogP contribution in [0.4, 0.5) is 4.39 Å². The average Bonchev–Trinajstić information content (AvgIpc) is 3.13. The molecule has 27 heavy (non-hydrogen) atoms. The molecule has 1 aromatic carbocycles. The first-order chi connectivity index (χ1) is 13.0. The highest BCUT2D eigenvalue weighted by Crippen LogP contribution is 2.19. The molecule has 1 N–H and O–H groups in total. The quantitative estimate of drug-likeness (QED) is 0.809. The van der Waals surface area contributed by atoms with E-state index in [4.69, 9.17) is 4.52 Å². The van der Waals surface area contributed by atoms with E-state index in [1.54, 1.807) is 11.0 Å². The van der Waals surface area contributed by atoms with Gasteiger partial charge in [0.15, 0.2) is 5.76 Å². The Bertz CT molecular complexity index is 805. The Kier molecular flexibility index (Phi) is 6.21. The maximum Gasteiger partial charge on any atom is 0.225 e. The third kappa shape index (κ3) is 5.15. The van der Waals surface area contributed by atoms with Gasteiger partial charge in [-0.2, -0.15) is 0 Å². The zero-order valence-electron chi connectivity index (χ0n) is 15.4. The van der Waals surface area contributed by atoms with E-state index in [0.29, 0.717) is 44.7 Å². The molecule has 0 bridgehead atoms. The Morgan fingerprint density at radius 1 is 1.41 bits per heavy atom. The van der Waals surface area contributed by atoms with Crippen LogP contribution in [-0.2, 0) is 29.0 Å². The number of aromatic nitrogens is 1. The van der Waals surface area contributed by atoms with Crippen molar-refractivity contribution in [3.05, 3.63) is 53.2 Å². The number of halogens is 1. The van der Waals surface area contributed by atoms with E-state index < -0.39 is 0 Å². The molecule has 0 unspecified atom stereocenters. The lowest BCUT2D eigenvalue weighted by Crippen LogP contribution is -2.46. The molecule has 7 heteroatoms. The molecule has 1 aromatic heterocycles. The summed E-state index contributed by atoms with van der Waals surface area (Å²) < 4.78 is 18.4. The zero-order chi connectivity index (χ0) is 19.2. The van der Waals surface area contributed by atoms with Crippen LogP contribution >= 0.6 is 0 Å². The number of nitrogens with zero attached hydrogens (tertiary/aromatic N) is 2. The molecule has 3 rings (SSSR count). The number of piperidine rings is 1. The lowest BCUT2D eigenvalue weighted by atomic mass is 9.96. The van der Waals surface area contributed by atoms with Crippen LogP contribution in [-0.4, -0.2) is 35.0 Å². The molecule has 0 radical (unpaired) electrons. The van der Waals surface area contributed by atoms with Crippen LogP contribution in [0.3, 0.4) is 0 Å². The summed E-state index contributed by atoms with van der Waals surface area (Å²) in [6.45, 7) is 3.14. The Labute approximate surface area is 157 Å². The second-order valence-corrected chi connectivity index (χ2v) is 6.81. The largest absolute Gasteiger partial charge is 0.359 e. The standard InChI is InChI=1S/C20H24FN3O3/c1-2-17-11-18(27-23-17)12-22-20(26)15-6-7-19(25)24(13-15)9-8-14-4-3-5-16(21)10-14/h3-5,10-11,15H,2,6-9,12-13H2,1H3,(H,22,26)/t15-/m0/s1. The number of likely N-dealkylation sites (tertiary alicyclic amines) is 1. The number of amides is 2. The van der Waals surface area contributed by atoms with E-state index in [0.717, 1.165) is 17.7 Å². The van der Waals surface area contributed by atoms with Crippen molar-refractivity contribution in [1.82, 2.24) is 15.4 Å². The van der Waals surface area contributed by atoms with Gasteiger partial charge in [-0.3, -0.25) is 9.59 Å². The van der Waals surface area contributed by atoms with Crippen LogP contribution in [0.5, 0.6) is 0 Å². The average molecular weight is 373 g/mol. The molecular weight excluding hydrogens is 349 g/mol. The molecule has 2 aromatic rings. The van der Waals surface area contributed by atoms with Crippen molar-refractivity contribution in [3.63, 3.8) is 0 Å². The third-order valence-corrected chi connectivity index (χ3v) is 4.84. The first kappa shape index (κ1) is 19.1. The van der Waals surface area contributed by atoms with Gasteiger partial charge in [0.05, 0.1) is 18.2 Å². The molecule has 2 amide bonds. The SMILES string of the molecule is CCc1cc(CNC(=O)[C@H]2CCC(=O)N(CCc3cccc(F)c3)C2)on1. The van der Waals surface area contributed by atoms with E-state index in [-0.39, 0.29) is 23.5 Å². The van der Waals surface area contributed by atoms with Crippen molar-refractivity contribution < 1.29 is 18.5 Å². The van der Waals surface area contributed by atoms with Crippen molar-refractivity contribution >= 4 is 11.8 Å². The molecular formula is C20H24FN3O3. The number of benzene rings is 1. The maximum absolute atomic E-state index is 13.3. The van der Waals surface area contributed by atoms with E-state index in [1.165, 1.54) is 12.1 Å². The Morgan fingerprint density at radius 3 is 3.00 bits per heavy atom. The van der Waals surface area contributed by atoms with Gasteiger partial charge in [-0.05, 0) is 37.0 Å². The lowest BCUT2D eigenvalue weighted by molar-refractivity contribution is -0.138. The fourth-order valence-electron chi connectivity index (χ4n) is 3.23. The first-order valence-corrected chi connectivity index (χ1v) is 9.29. The van der Waals surface area contributed by atoms with E-state index in [2.05, 4.69) is 10.5 Å². The minimum Gasteiger partial charge on any atom is -0.359 e. The Morgan fingerprint density at radius 2 is 2.26 bits per heavy atom. The van der Waals surface area contributed by atoms with E-state index in [9.17, 15) is 14.0 Å². The molecule has 0 spiro atoms. The van der Waals surface area contributed by atoms with Gasteiger partial charge < -0.3 is 14.7 Å². The number of carbonyl (C=O) groups excluding carboxylic acids is 2. The van der Waals surface area contributed by atoms with Gasteiger partial charge in [0, 0.05) is 25.6 Å². The van der Waals surface area contributed by atoms with Crippen LogP contribution in [0, 0.1) is 11.7 Å². The molecule has 144 valence electrons. The van der Waals surface area contributed by atoms with Crippen molar-refractivity contribution in [2.75, 3.05) is 13.1 Å². The molecule has 0 aliphatic carbocycles. The van der Waals surface area contributed by atoms with Gasteiger partial charge in [0.2, 0.25) is 11.8 Å². The van der Waals surface area contributed by atoms with Crippen LogP contribution < -0.4 is 5.32 Å². The molecule has 1 aliphatic rings. The Hall–Kier alpha value is -2.70. The normalized spacial score (nSPS) is 17.2. The summed E-state index contributed by atoms with van der Waals surface area (Å²) in [5, 5.41) is 6.76. The number of rotatable bonds is 7. The van der Waals surface area contributed by atoms with E-state index >= 15 is 0 Å². The summed E-state index contributed by atoms with van der Waals surface area (Å²) in [6.07, 6.45) is 2.24. The van der Waals surface area contributed by atoms with Crippen LogP contribution in [0.25, 0.3) is 0 Å². The molecule has 1 saturated heterocycles. The van der Waals surface area contributed by atoms with Gasteiger partial charge in [-0.15, -0.1) is 0 Å². The molecule has 1 aliphatic heterocycles. The van der Waals surface area contributed by atoms with Gasteiger partial charge in [-0.25, -0.2) is 4.39 Å². The topological polar surface area (TPSA) is 75.4 Å². The van der Waals surface area contributed by atoms with Gasteiger partial charge in [0.25, 0.3) is 0 Å². The summed E-state index contributed by atoms with van der Waals surface area (Å²) in [4.78, 5) is 26.3. The van der Waals surface area contributed by atoms with Crippen molar-refractivity contribution in [2.45, 2.75) is 39.2 Å². The fraction of sp³-hybridized carbons (Fsp3) is 0.450. The number of nitrogens with one attached hydrogen (secondary N) is 1. The van der Waals surface area contributed by atoms with Gasteiger partial charge in [0.1, 0.15) is 5.82 Å². The smallest absolute Gasteiger partial charge is 0.225 e. The van der Waals surface area contributed by atoms with E-state index in [1.807, 2.05) is 19.1 Å². The number of aryl methyl sites for hydroxylation is 1. The highest BCUT2D eigenvalue weighted by Gasteiger charge is 2.30. The fourth-order valence-corrected chi connectivity index (χ4v) is 3.23.